The first-order valence-electron chi connectivity index (χ1n) is 10.6. The first-order chi connectivity index (χ1) is 15.2. The van der Waals surface area contributed by atoms with Gasteiger partial charge in [-0.1, -0.05) is 30.2 Å². The molecule has 1 saturated carbocycles. The van der Waals surface area contributed by atoms with Gasteiger partial charge < -0.3 is 9.47 Å². The number of rotatable bonds is 5. The highest BCUT2D eigenvalue weighted by Crippen LogP contribution is 2.39. The van der Waals surface area contributed by atoms with Crippen molar-refractivity contribution >= 4 is 22.7 Å². The molecular formula is C23H25N5O3. The standard InChI is InChI=1S/C23H25N5O3/c1-30-20-12-11-15(13-21(20)31-2)22-16-7-3-4-8-17(16)23(29)28(25-22)14-27-19-10-6-5-9-18(19)24-26-27/h5-6,9-13,16-17H,3-4,7-8,14H2,1-2H3/t16-,17+/m0/s1. The molecule has 0 bridgehead atoms. The van der Waals surface area contributed by atoms with Crippen molar-refractivity contribution < 1.29 is 14.3 Å². The van der Waals surface area contributed by atoms with Crippen LogP contribution in [-0.4, -0.2) is 45.8 Å². The number of methoxy groups -OCH3 is 2. The number of carbonyl (C=O) groups excluding carboxylic acids is 1. The second-order valence-corrected chi connectivity index (χ2v) is 8.01. The maximum Gasteiger partial charge on any atom is 0.248 e. The molecule has 1 fully saturated rings. The lowest BCUT2D eigenvalue weighted by molar-refractivity contribution is -0.140. The van der Waals surface area contributed by atoms with E-state index in [0.29, 0.717) is 11.5 Å². The predicted octanol–water partition coefficient (Wildman–Crippen LogP) is 3.46. The first-order valence-corrected chi connectivity index (χ1v) is 10.6. The summed E-state index contributed by atoms with van der Waals surface area (Å²) in [4.78, 5) is 13.3. The van der Waals surface area contributed by atoms with E-state index in [0.717, 1.165) is 48.0 Å². The summed E-state index contributed by atoms with van der Waals surface area (Å²) in [5, 5.41) is 14.8. The SMILES string of the molecule is COc1ccc(C2=NN(Cn3nnc4ccccc43)C(=O)[C@@H]3CCCC[C@H]23)cc1OC. The molecule has 2 aliphatic rings. The zero-order chi connectivity index (χ0) is 21.4. The second kappa shape index (κ2) is 8.02. The second-order valence-electron chi connectivity index (χ2n) is 8.01. The highest BCUT2D eigenvalue weighted by Gasteiger charge is 2.41. The van der Waals surface area contributed by atoms with E-state index in [1.165, 1.54) is 0 Å². The van der Waals surface area contributed by atoms with Crippen LogP contribution in [0.4, 0.5) is 0 Å². The first kappa shape index (κ1) is 19.5. The number of nitrogens with zero attached hydrogens (tertiary/aromatic N) is 5. The number of aromatic nitrogens is 3. The molecule has 0 radical (unpaired) electrons. The number of ether oxygens (including phenoxy) is 2. The molecule has 2 heterocycles. The van der Waals surface area contributed by atoms with Crippen molar-refractivity contribution in [3.8, 4) is 11.5 Å². The molecule has 0 spiro atoms. The topological polar surface area (TPSA) is 81.8 Å². The molecule has 0 saturated heterocycles. The molecule has 8 heteroatoms. The van der Waals surface area contributed by atoms with Crippen LogP contribution >= 0.6 is 0 Å². The van der Waals surface area contributed by atoms with E-state index in [-0.39, 0.29) is 24.4 Å². The van der Waals surface area contributed by atoms with Crippen LogP contribution in [0.15, 0.2) is 47.6 Å². The third-order valence-electron chi connectivity index (χ3n) is 6.28. The zero-order valence-corrected chi connectivity index (χ0v) is 17.7. The summed E-state index contributed by atoms with van der Waals surface area (Å²) in [5.74, 6) is 1.44. The summed E-state index contributed by atoms with van der Waals surface area (Å²) >= 11 is 0. The van der Waals surface area contributed by atoms with Crippen molar-refractivity contribution in [3.63, 3.8) is 0 Å². The van der Waals surface area contributed by atoms with Crippen molar-refractivity contribution in [2.45, 2.75) is 32.4 Å². The molecule has 1 aliphatic carbocycles. The van der Waals surface area contributed by atoms with Gasteiger partial charge in [-0.25, -0.2) is 9.69 Å². The van der Waals surface area contributed by atoms with E-state index in [4.69, 9.17) is 14.6 Å². The summed E-state index contributed by atoms with van der Waals surface area (Å²) in [7, 11) is 3.25. The Morgan fingerprint density at radius 3 is 2.58 bits per heavy atom. The number of hydrazone groups is 1. The Kier molecular flexibility index (Phi) is 5.05. The quantitative estimate of drug-likeness (QED) is 0.633. The van der Waals surface area contributed by atoms with E-state index >= 15 is 0 Å². The van der Waals surface area contributed by atoms with Crippen LogP contribution in [0.3, 0.4) is 0 Å². The average molecular weight is 419 g/mol. The lowest BCUT2D eigenvalue weighted by atomic mass is 9.73. The van der Waals surface area contributed by atoms with Crippen LogP contribution in [0, 0.1) is 11.8 Å². The lowest BCUT2D eigenvalue weighted by Crippen LogP contribution is -2.46. The largest absolute Gasteiger partial charge is 0.493 e. The highest BCUT2D eigenvalue weighted by atomic mass is 16.5. The molecule has 2 atom stereocenters. The summed E-state index contributed by atoms with van der Waals surface area (Å²) in [6.45, 7) is 0.235. The Balaban J connectivity index is 1.55. The van der Waals surface area contributed by atoms with Crippen LogP contribution < -0.4 is 9.47 Å². The van der Waals surface area contributed by atoms with Crippen LogP contribution in [-0.2, 0) is 11.5 Å². The molecule has 2 aromatic carbocycles. The van der Waals surface area contributed by atoms with Gasteiger partial charge in [-0.15, -0.1) is 5.10 Å². The molecule has 1 amide bonds. The minimum absolute atomic E-state index is 0.0634. The van der Waals surface area contributed by atoms with E-state index < -0.39 is 0 Å². The maximum absolute atomic E-state index is 13.3. The molecule has 1 aromatic heterocycles. The molecule has 1 aliphatic heterocycles. The molecule has 160 valence electrons. The van der Waals surface area contributed by atoms with Crippen molar-refractivity contribution in [1.82, 2.24) is 20.0 Å². The number of carbonyl (C=O) groups is 1. The van der Waals surface area contributed by atoms with E-state index in [2.05, 4.69) is 10.3 Å². The zero-order valence-electron chi connectivity index (χ0n) is 17.7. The normalized spacial score (nSPS) is 21.0. The number of amides is 1. The summed E-state index contributed by atoms with van der Waals surface area (Å²) < 4.78 is 12.6. The summed E-state index contributed by atoms with van der Waals surface area (Å²) in [6, 6.07) is 13.6. The molecular weight excluding hydrogens is 394 g/mol. The fourth-order valence-electron chi connectivity index (χ4n) is 4.72. The Morgan fingerprint density at radius 1 is 1.00 bits per heavy atom. The highest BCUT2D eigenvalue weighted by molar-refractivity contribution is 6.07. The van der Waals surface area contributed by atoms with Crippen molar-refractivity contribution in [1.29, 1.82) is 0 Å². The number of para-hydroxylation sites is 1. The smallest absolute Gasteiger partial charge is 0.248 e. The third kappa shape index (κ3) is 3.41. The van der Waals surface area contributed by atoms with Gasteiger partial charge in [-0.2, -0.15) is 5.10 Å². The van der Waals surface area contributed by atoms with E-state index in [1.807, 2.05) is 42.5 Å². The van der Waals surface area contributed by atoms with Gasteiger partial charge in [0, 0.05) is 17.4 Å². The Hall–Kier alpha value is -3.42. The predicted molar refractivity (Wildman–Crippen MR) is 116 cm³/mol. The number of hydrogen-bond acceptors (Lipinski definition) is 6. The van der Waals surface area contributed by atoms with Gasteiger partial charge in [0.2, 0.25) is 5.91 Å². The summed E-state index contributed by atoms with van der Waals surface area (Å²) in [6.07, 6.45) is 4.01. The number of hydrogen-bond donors (Lipinski definition) is 0. The monoisotopic (exact) mass is 419 g/mol. The lowest BCUT2D eigenvalue weighted by Gasteiger charge is -2.38. The number of benzene rings is 2. The molecule has 8 nitrogen and oxygen atoms in total. The molecule has 3 aromatic rings. The summed E-state index contributed by atoms with van der Waals surface area (Å²) in [5.41, 5.74) is 3.56. The minimum atomic E-state index is -0.0656. The van der Waals surface area contributed by atoms with Crippen molar-refractivity contribution in [2.75, 3.05) is 14.2 Å². The van der Waals surface area contributed by atoms with Gasteiger partial charge in [0.15, 0.2) is 11.5 Å². The van der Waals surface area contributed by atoms with Gasteiger partial charge in [0.05, 0.1) is 25.4 Å². The van der Waals surface area contributed by atoms with Gasteiger partial charge >= 0.3 is 0 Å². The van der Waals surface area contributed by atoms with Gasteiger partial charge in [0.1, 0.15) is 12.2 Å². The van der Waals surface area contributed by atoms with Crippen LogP contribution in [0.1, 0.15) is 31.2 Å². The molecule has 31 heavy (non-hydrogen) atoms. The average Bonchev–Trinajstić information content (AvgIpc) is 3.23. The van der Waals surface area contributed by atoms with Crippen LogP contribution in [0.5, 0.6) is 11.5 Å². The van der Waals surface area contributed by atoms with E-state index in [1.54, 1.807) is 23.9 Å². The molecule has 0 N–H and O–H groups in total. The number of fused-ring (bicyclic) bond motifs is 2. The van der Waals surface area contributed by atoms with Gasteiger partial charge in [-0.3, -0.25) is 4.79 Å². The van der Waals surface area contributed by atoms with Crippen LogP contribution in [0.25, 0.3) is 11.0 Å². The minimum Gasteiger partial charge on any atom is -0.493 e. The van der Waals surface area contributed by atoms with Crippen LogP contribution in [0.2, 0.25) is 0 Å². The fourth-order valence-corrected chi connectivity index (χ4v) is 4.72. The van der Waals surface area contributed by atoms with Crippen molar-refractivity contribution in [2.24, 2.45) is 16.9 Å². The Morgan fingerprint density at radius 2 is 1.77 bits per heavy atom. The fraction of sp³-hybridized carbons (Fsp3) is 0.391. The Labute approximate surface area is 180 Å². The van der Waals surface area contributed by atoms with Gasteiger partial charge in [-0.05, 0) is 43.2 Å². The molecule has 5 rings (SSSR count). The van der Waals surface area contributed by atoms with E-state index in [9.17, 15) is 4.79 Å². The third-order valence-corrected chi connectivity index (χ3v) is 6.28. The van der Waals surface area contributed by atoms with Gasteiger partial charge in [0.25, 0.3) is 0 Å². The Bertz CT molecular complexity index is 1160. The molecule has 0 unspecified atom stereocenters. The maximum atomic E-state index is 13.3. The van der Waals surface area contributed by atoms with Crippen molar-refractivity contribution in [3.05, 3.63) is 48.0 Å².